The van der Waals surface area contributed by atoms with Crippen molar-refractivity contribution in [2.45, 2.75) is 34.1 Å². The molecule has 112 valence electrons. The normalized spacial score (nSPS) is 10.4. The molecule has 0 radical (unpaired) electrons. The van der Waals surface area contributed by atoms with Gasteiger partial charge in [0.05, 0.1) is 15.4 Å². The summed E-state index contributed by atoms with van der Waals surface area (Å²) in [7, 11) is 0. The summed E-state index contributed by atoms with van der Waals surface area (Å²) in [5.74, 6) is -0.254. The molecule has 1 aromatic rings. The van der Waals surface area contributed by atoms with E-state index in [-0.39, 0.29) is 11.8 Å². The Hall–Kier alpha value is -1.56. The van der Waals surface area contributed by atoms with Crippen molar-refractivity contribution in [3.63, 3.8) is 0 Å². The van der Waals surface area contributed by atoms with Crippen molar-refractivity contribution in [2.24, 2.45) is 0 Å². The van der Waals surface area contributed by atoms with Gasteiger partial charge in [-0.05, 0) is 32.8 Å². The smallest absolute Gasteiger partial charge is 0.264 e. The largest absolute Gasteiger partial charge is 0.390 e. The Labute approximate surface area is 124 Å². The molecule has 0 saturated carbocycles. The summed E-state index contributed by atoms with van der Waals surface area (Å²) >= 11 is 1.20. The number of thiophene rings is 1. The maximum absolute atomic E-state index is 12.4. The molecule has 0 bridgehead atoms. The van der Waals surface area contributed by atoms with Gasteiger partial charge in [-0.3, -0.25) is 9.59 Å². The Morgan fingerprint density at radius 2 is 1.85 bits per heavy atom. The lowest BCUT2D eigenvalue weighted by Gasteiger charge is -2.18. The van der Waals surface area contributed by atoms with Crippen LogP contribution in [0.4, 0.5) is 5.00 Å². The molecule has 0 aliphatic carbocycles. The van der Waals surface area contributed by atoms with E-state index in [1.165, 1.54) is 11.3 Å². The average Bonchev–Trinajstić information content (AvgIpc) is 2.72. The predicted molar refractivity (Wildman–Crippen MR) is 83.3 cm³/mol. The highest BCUT2D eigenvalue weighted by Crippen LogP contribution is 2.31. The first-order valence-electron chi connectivity index (χ1n) is 6.94. The highest BCUT2D eigenvalue weighted by molar-refractivity contribution is 7.18. The van der Waals surface area contributed by atoms with Crippen LogP contribution >= 0.6 is 11.3 Å². The summed E-state index contributed by atoms with van der Waals surface area (Å²) in [5, 5.41) is 3.21. The fourth-order valence-corrected chi connectivity index (χ4v) is 3.04. The molecule has 0 saturated heterocycles. The van der Waals surface area contributed by atoms with E-state index in [1.807, 2.05) is 20.8 Å². The maximum Gasteiger partial charge on any atom is 0.264 e. The monoisotopic (exact) mass is 297 g/mol. The van der Waals surface area contributed by atoms with E-state index in [9.17, 15) is 9.59 Å². The Kier molecular flexibility index (Phi) is 6.01. The first kappa shape index (κ1) is 16.5. The highest BCUT2D eigenvalue weighted by atomic mass is 32.1. The number of hydrogen-bond donors (Lipinski definition) is 2. The van der Waals surface area contributed by atoms with E-state index in [4.69, 9.17) is 5.73 Å². The second kappa shape index (κ2) is 7.28. The fraction of sp³-hybridized carbons (Fsp3) is 0.571. The van der Waals surface area contributed by atoms with Gasteiger partial charge in [-0.15, -0.1) is 11.3 Å². The Balaban J connectivity index is 3.08. The molecule has 0 spiro atoms. The van der Waals surface area contributed by atoms with E-state index in [0.717, 1.165) is 6.42 Å². The van der Waals surface area contributed by atoms with Crippen LogP contribution in [-0.4, -0.2) is 36.3 Å². The molecule has 0 atom stereocenters. The quantitative estimate of drug-likeness (QED) is 0.845. The second-order valence-electron chi connectivity index (χ2n) is 4.53. The Bertz CT molecular complexity index is 493. The van der Waals surface area contributed by atoms with E-state index in [2.05, 4.69) is 5.32 Å². The van der Waals surface area contributed by atoms with Crippen molar-refractivity contribution in [1.82, 2.24) is 10.2 Å². The molecule has 20 heavy (non-hydrogen) atoms. The number of nitrogens with zero attached hydrogens (tertiary/aromatic N) is 1. The molecule has 5 nitrogen and oxygen atoms in total. The van der Waals surface area contributed by atoms with Gasteiger partial charge in [0.2, 0.25) is 0 Å². The fourth-order valence-electron chi connectivity index (χ4n) is 2.00. The van der Waals surface area contributed by atoms with Crippen molar-refractivity contribution in [3.05, 3.63) is 16.0 Å². The van der Waals surface area contributed by atoms with Gasteiger partial charge in [0, 0.05) is 19.6 Å². The molecule has 1 rings (SSSR count). The minimum atomic E-state index is -0.198. The van der Waals surface area contributed by atoms with Crippen LogP contribution in [0.15, 0.2) is 0 Å². The van der Waals surface area contributed by atoms with Crippen LogP contribution in [0.1, 0.15) is 52.8 Å². The molecule has 0 fully saturated rings. The molecule has 1 aromatic heterocycles. The van der Waals surface area contributed by atoms with Gasteiger partial charge in [0.1, 0.15) is 0 Å². The number of nitrogens with two attached hydrogens (primary N) is 1. The Morgan fingerprint density at radius 3 is 2.35 bits per heavy atom. The summed E-state index contributed by atoms with van der Waals surface area (Å²) in [5.41, 5.74) is 7.04. The molecule has 6 heteroatoms. The zero-order chi connectivity index (χ0) is 15.3. The average molecular weight is 297 g/mol. The van der Waals surface area contributed by atoms with Crippen LogP contribution in [0.2, 0.25) is 0 Å². The number of anilines is 1. The van der Waals surface area contributed by atoms with Crippen molar-refractivity contribution >= 4 is 28.2 Å². The molecule has 0 aliphatic rings. The molecule has 0 unspecified atom stereocenters. The lowest BCUT2D eigenvalue weighted by atomic mass is 10.1. The van der Waals surface area contributed by atoms with E-state index in [1.54, 1.807) is 11.8 Å². The number of amides is 2. The number of hydrogen-bond acceptors (Lipinski definition) is 4. The molecular formula is C14H23N3O2S. The third-order valence-corrected chi connectivity index (χ3v) is 4.29. The van der Waals surface area contributed by atoms with Crippen LogP contribution in [0, 0.1) is 6.92 Å². The van der Waals surface area contributed by atoms with Crippen molar-refractivity contribution in [3.8, 4) is 0 Å². The van der Waals surface area contributed by atoms with Crippen molar-refractivity contribution in [1.29, 1.82) is 0 Å². The summed E-state index contributed by atoms with van der Waals surface area (Å²) < 4.78 is 0. The summed E-state index contributed by atoms with van der Waals surface area (Å²) in [6.07, 6.45) is 0.861. The molecule has 0 aliphatic heterocycles. The minimum Gasteiger partial charge on any atom is -0.390 e. The van der Waals surface area contributed by atoms with Crippen LogP contribution in [0.3, 0.4) is 0 Å². The van der Waals surface area contributed by atoms with Crippen LogP contribution in [-0.2, 0) is 0 Å². The third kappa shape index (κ3) is 3.30. The van der Waals surface area contributed by atoms with Gasteiger partial charge >= 0.3 is 0 Å². The van der Waals surface area contributed by atoms with E-state index in [0.29, 0.717) is 40.6 Å². The second-order valence-corrected chi connectivity index (χ2v) is 5.58. The molecule has 2 amide bonds. The number of carbonyl (C=O) groups is 2. The first-order chi connectivity index (χ1) is 9.47. The summed E-state index contributed by atoms with van der Waals surface area (Å²) in [6, 6.07) is 0. The van der Waals surface area contributed by atoms with Gasteiger partial charge in [-0.25, -0.2) is 0 Å². The Morgan fingerprint density at radius 1 is 1.25 bits per heavy atom. The summed E-state index contributed by atoms with van der Waals surface area (Å²) in [4.78, 5) is 26.8. The molecular weight excluding hydrogens is 274 g/mol. The van der Waals surface area contributed by atoms with Gasteiger partial charge in [-0.1, -0.05) is 6.92 Å². The molecule has 1 heterocycles. The maximum atomic E-state index is 12.4. The molecule has 3 N–H and O–H groups in total. The third-order valence-electron chi connectivity index (χ3n) is 3.18. The minimum absolute atomic E-state index is 0.0567. The number of rotatable bonds is 6. The standard InChI is InChI=1S/C14H23N3O2S/c1-5-8-16-13(18)10-9(4)11(20-12(10)15)14(19)17(6-2)7-3/h5-8,15H2,1-4H3,(H,16,18). The zero-order valence-electron chi connectivity index (χ0n) is 12.6. The lowest BCUT2D eigenvalue weighted by Crippen LogP contribution is -2.30. The van der Waals surface area contributed by atoms with Gasteiger partial charge in [0.25, 0.3) is 11.8 Å². The van der Waals surface area contributed by atoms with Gasteiger partial charge < -0.3 is 16.0 Å². The van der Waals surface area contributed by atoms with Crippen molar-refractivity contribution < 1.29 is 9.59 Å². The van der Waals surface area contributed by atoms with E-state index < -0.39 is 0 Å². The number of nitrogens with one attached hydrogen (secondary N) is 1. The number of carbonyl (C=O) groups excluding carboxylic acids is 2. The topological polar surface area (TPSA) is 75.4 Å². The molecule has 0 aromatic carbocycles. The summed E-state index contributed by atoms with van der Waals surface area (Å²) in [6.45, 7) is 9.52. The predicted octanol–water partition coefficient (Wildman–Crippen LogP) is 2.26. The van der Waals surface area contributed by atoms with Crippen molar-refractivity contribution in [2.75, 3.05) is 25.4 Å². The van der Waals surface area contributed by atoms with Gasteiger partial charge in [-0.2, -0.15) is 0 Å². The van der Waals surface area contributed by atoms with Crippen LogP contribution in [0.5, 0.6) is 0 Å². The highest BCUT2D eigenvalue weighted by Gasteiger charge is 2.25. The zero-order valence-corrected chi connectivity index (χ0v) is 13.4. The van der Waals surface area contributed by atoms with E-state index >= 15 is 0 Å². The van der Waals surface area contributed by atoms with Crippen LogP contribution in [0.25, 0.3) is 0 Å². The van der Waals surface area contributed by atoms with Crippen LogP contribution < -0.4 is 11.1 Å². The number of nitrogen functional groups attached to an aromatic ring is 1. The van der Waals surface area contributed by atoms with Gasteiger partial charge in [0.15, 0.2) is 0 Å². The SMILES string of the molecule is CCCNC(=O)c1c(N)sc(C(=O)N(CC)CC)c1C. The first-order valence-corrected chi connectivity index (χ1v) is 7.75. The lowest BCUT2D eigenvalue weighted by molar-refractivity contribution is 0.0777.